The molecule has 10 heteroatoms. The number of carbonyl (C=O) groups excluding carboxylic acids is 1. The van der Waals surface area contributed by atoms with Gasteiger partial charge in [0.05, 0.1) is 22.7 Å². The van der Waals surface area contributed by atoms with E-state index in [-0.39, 0.29) is 27.8 Å². The Labute approximate surface area is 159 Å². The maximum absolute atomic E-state index is 14.8. The number of hydrogen-bond acceptors (Lipinski definition) is 4. The zero-order chi connectivity index (χ0) is 20.1. The Hall–Kier alpha value is -2.39. The van der Waals surface area contributed by atoms with Crippen LogP contribution in [0.25, 0.3) is 0 Å². The highest BCUT2D eigenvalue weighted by Crippen LogP contribution is 2.45. The van der Waals surface area contributed by atoms with Gasteiger partial charge in [-0.25, -0.2) is 17.2 Å². The molecule has 1 aliphatic heterocycles. The van der Waals surface area contributed by atoms with Crippen molar-refractivity contribution in [3.8, 4) is 5.75 Å². The Morgan fingerprint density at radius 2 is 1.81 bits per heavy atom. The number of hydrogen-bond donors (Lipinski definition) is 1. The zero-order valence-corrected chi connectivity index (χ0v) is 16.1. The lowest BCUT2D eigenvalue weighted by Crippen LogP contribution is -2.50. The van der Waals surface area contributed by atoms with Crippen molar-refractivity contribution in [2.24, 2.45) is 0 Å². The van der Waals surface area contributed by atoms with Crippen molar-refractivity contribution in [1.82, 2.24) is 0 Å². The molecule has 1 amide bonds. The third-order valence-electron chi connectivity index (χ3n) is 3.80. The van der Waals surface area contributed by atoms with Gasteiger partial charge in [0.15, 0.2) is 11.4 Å². The summed E-state index contributed by atoms with van der Waals surface area (Å²) in [6.45, 7) is 2.95. The lowest BCUT2D eigenvalue weighted by Gasteiger charge is -2.39. The van der Waals surface area contributed by atoms with Crippen molar-refractivity contribution >= 4 is 44.6 Å². The number of sulfonamides is 1. The first-order valence-corrected chi connectivity index (χ1v) is 9.96. The van der Waals surface area contributed by atoms with Gasteiger partial charge in [-0.1, -0.05) is 11.6 Å². The summed E-state index contributed by atoms with van der Waals surface area (Å²) >= 11 is 5.80. The van der Waals surface area contributed by atoms with E-state index in [4.69, 9.17) is 16.3 Å². The monoisotopic (exact) mass is 416 g/mol. The van der Waals surface area contributed by atoms with Crippen molar-refractivity contribution in [3.63, 3.8) is 0 Å². The van der Waals surface area contributed by atoms with Crippen molar-refractivity contribution in [1.29, 1.82) is 0 Å². The first-order chi connectivity index (χ1) is 12.4. The predicted octanol–water partition coefficient (Wildman–Crippen LogP) is 3.83. The maximum atomic E-state index is 14.8. The van der Waals surface area contributed by atoms with E-state index in [9.17, 15) is 22.0 Å². The molecule has 1 N–H and O–H groups in total. The number of halogens is 3. The highest BCUT2D eigenvalue weighted by Gasteiger charge is 2.43. The topological polar surface area (TPSA) is 75.7 Å². The van der Waals surface area contributed by atoms with E-state index in [1.807, 2.05) is 0 Å². The number of rotatable bonds is 3. The Balaban J connectivity index is 2.21. The first-order valence-electron chi connectivity index (χ1n) is 7.69. The molecule has 2 aromatic carbocycles. The largest absolute Gasteiger partial charge is 0.476 e. The van der Waals surface area contributed by atoms with Crippen LogP contribution in [0.4, 0.5) is 25.8 Å². The second-order valence-corrected chi connectivity index (χ2v) is 8.69. The van der Waals surface area contributed by atoms with Crippen LogP contribution < -0.4 is 14.4 Å². The summed E-state index contributed by atoms with van der Waals surface area (Å²) in [5.41, 5.74) is -1.52. The van der Waals surface area contributed by atoms with Gasteiger partial charge in [-0.05, 0) is 32.0 Å². The van der Waals surface area contributed by atoms with Gasteiger partial charge >= 0.3 is 0 Å². The average molecular weight is 417 g/mol. The van der Waals surface area contributed by atoms with Crippen LogP contribution in [0, 0.1) is 11.6 Å². The fourth-order valence-electron chi connectivity index (χ4n) is 2.70. The number of benzene rings is 2. The lowest BCUT2D eigenvalue weighted by atomic mass is 10.0. The van der Waals surface area contributed by atoms with E-state index in [1.54, 1.807) is 0 Å². The second kappa shape index (κ2) is 6.35. The van der Waals surface area contributed by atoms with Gasteiger partial charge < -0.3 is 4.74 Å². The standard InChI is InChI=1S/C17H15ClF2N2O4S/c1-17(2)16(23)22(10-4-5-12(19)11(18)8-10)15-13(20)6-9(7-14(15)26-17)21-27(3,24)25/h4-8,21H,1-3H3. The third-order valence-corrected chi connectivity index (χ3v) is 4.70. The van der Waals surface area contributed by atoms with E-state index in [2.05, 4.69) is 4.72 Å². The molecule has 144 valence electrons. The molecule has 2 aromatic rings. The van der Waals surface area contributed by atoms with E-state index in [0.29, 0.717) is 0 Å². The van der Waals surface area contributed by atoms with Crippen LogP contribution in [0.1, 0.15) is 13.8 Å². The van der Waals surface area contributed by atoms with Crippen LogP contribution in [-0.4, -0.2) is 26.2 Å². The Kier molecular flexibility index (Phi) is 4.55. The molecule has 0 atom stereocenters. The summed E-state index contributed by atoms with van der Waals surface area (Å²) < 4.78 is 58.9. The van der Waals surface area contributed by atoms with E-state index in [0.717, 1.165) is 23.3 Å². The number of carbonyl (C=O) groups is 1. The smallest absolute Gasteiger partial charge is 0.275 e. The number of ether oxygens (including phenoxy) is 1. The molecular weight excluding hydrogens is 402 g/mol. The molecule has 0 aromatic heterocycles. The maximum Gasteiger partial charge on any atom is 0.275 e. The van der Waals surface area contributed by atoms with Gasteiger partial charge in [0.1, 0.15) is 17.3 Å². The minimum absolute atomic E-state index is 0.0498. The minimum Gasteiger partial charge on any atom is -0.476 e. The molecule has 0 unspecified atom stereocenters. The SMILES string of the molecule is CC1(C)Oc2cc(NS(C)(=O)=O)cc(F)c2N(c2ccc(F)c(Cl)c2)C1=O. The normalized spacial score (nSPS) is 15.9. The van der Waals surface area contributed by atoms with Crippen LogP contribution in [0.3, 0.4) is 0 Å². The molecular formula is C17H15ClF2N2O4S. The second-order valence-electron chi connectivity index (χ2n) is 6.53. The molecule has 3 rings (SSSR count). The number of fused-ring (bicyclic) bond motifs is 1. The number of nitrogens with zero attached hydrogens (tertiary/aromatic N) is 1. The number of amides is 1. The highest BCUT2D eigenvalue weighted by molar-refractivity contribution is 7.92. The molecule has 0 fully saturated rings. The average Bonchev–Trinajstić information content (AvgIpc) is 2.50. The van der Waals surface area contributed by atoms with Crippen LogP contribution >= 0.6 is 11.6 Å². The van der Waals surface area contributed by atoms with E-state index in [1.165, 1.54) is 32.0 Å². The molecule has 6 nitrogen and oxygen atoms in total. The third kappa shape index (κ3) is 3.70. The summed E-state index contributed by atoms with van der Waals surface area (Å²) in [6.07, 6.45) is 0.922. The van der Waals surface area contributed by atoms with Gasteiger partial charge in [-0.2, -0.15) is 0 Å². The van der Waals surface area contributed by atoms with Crippen molar-refractivity contribution in [3.05, 3.63) is 47.0 Å². The first kappa shape index (κ1) is 19.4. The van der Waals surface area contributed by atoms with Crippen LogP contribution in [0.5, 0.6) is 5.75 Å². The summed E-state index contributed by atoms with van der Waals surface area (Å²) in [6, 6.07) is 5.73. The van der Waals surface area contributed by atoms with Crippen molar-refractivity contribution in [2.45, 2.75) is 19.4 Å². The van der Waals surface area contributed by atoms with E-state index >= 15 is 0 Å². The Morgan fingerprint density at radius 1 is 1.15 bits per heavy atom. The minimum atomic E-state index is -3.65. The molecule has 0 saturated carbocycles. The molecule has 1 heterocycles. The van der Waals surface area contributed by atoms with Gasteiger partial charge in [-0.15, -0.1) is 0 Å². The number of anilines is 3. The van der Waals surface area contributed by atoms with Crippen LogP contribution in [-0.2, 0) is 14.8 Å². The predicted molar refractivity (Wildman–Crippen MR) is 98.1 cm³/mol. The molecule has 0 radical (unpaired) electrons. The van der Waals surface area contributed by atoms with Gasteiger partial charge in [0.25, 0.3) is 5.91 Å². The molecule has 1 aliphatic rings. The number of nitrogens with one attached hydrogen (secondary N) is 1. The van der Waals surface area contributed by atoms with Crippen LogP contribution in [0.2, 0.25) is 5.02 Å². The lowest BCUT2D eigenvalue weighted by molar-refractivity contribution is -0.131. The highest BCUT2D eigenvalue weighted by atomic mass is 35.5. The van der Waals surface area contributed by atoms with E-state index < -0.39 is 33.2 Å². The zero-order valence-electron chi connectivity index (χ0n) is 14.5. The molecule has 0 bridgehead atoms. The fraction of sp³-hybridized carbons (Fsp3) is 0.235. The quantitative estimate of drug-likeness (QED) is 0.825. The molecule has 0 aliphatic carbocycles. The van der Waals surface area contributed by atoms with Crippen LogP contribution in [0.15, 0.2) is 30.3 Å². The summed E-state index contributed by atoms with van der Waals surface area (Å²) in [5.74, 6) is -2.23. The summed E-state index contributed by atoms with van der Waals surface area (Å²) in [7, 11) is -3.65. The Morgan fingerprint density at radius 3 is 2.41 bits per heavy atom. The van der Waals surface area contributed by atoms with Gasteiger partial charge in [0, 0.05) is 12.1 Å². The van der Waals surface area contributed by atoms with Gasteiger partial charge in [0.2, 0.25) is 10.0 Å². The molecule has 0 saturated heterocycles. The summed E-state index contributed by atoms with van der Waals surface area (Å²) in [4.78, 5) is 13.9. The van der Waals surface area contributed by atoms with Crippen molar-refractivity contribution in [2.75, 3.05) is 15.9 Å². The Bertz CT molecular complexity index is 1060. The van der Waals surface area contributed by atoms with Crippen molar-refractivity contribution < 1.29 is 26.7 Å². The fourth-order valence-corrected chi connectivity index (χ4v) is 3.42. The van der Waals surface area contributed by atoms with Gasteiger partial charge in [-0.3, -0.25) is 14.4 Å². The summed E-state index contributed by atoms with van der Waals surface area (Å²) in [5, 5.41) is -0.234. The molecule has 0 spiro atoms. The molecule has 27 heavy (non-hydrogen) atoms.